The minimum Gasteiger partial charge on any atom is -0.337 e. The van der Waals surface area contributed by atoms with E-state index >= 15 is 0 Å². The lowest BCUT2D eigenvalue weighted by molar-refractivity contribution is 0.0785. The number of carbonyl (C=O) groups excluding carboxylic acids is 1. The van der Waals surface area contributed by atoms with E-state index in [-0.39, 0.29) is 16.2 Å². The zero-order valence-corrected chi connectivity index (χ0v) is 12.7. The molecule has 0 aliphatic heterocycles. The molecule has 0 N–H and O–H groups in total. The van der Waals surface area contributed by atoms with Crippen LogP contribution >= 0.6 is 23.2 Å². The smallest absolute Gasteiger partial charge is 0.254 e. The maximum absolute atomic E-state index is 12.3. The molecule has 0 aliphatic rings. The molecule has 0 aliphatic carbocycles. The van der Waals surface area contributed by atoms with E-state index in [0.717, 1.165) is 5.56 Å². The standard InChI is InChI=1S/C15H11Cl2N3O/c1-20(9-11-4-2-3-10(5-11)8-18)15(21)12-6-13(16)19-14(17)7-12/h2-7H,9H2,1H3. The summed E-state index contributed by atoms with van der Waals surface area (Å²) in [5.41, 5.74) is 1.80. The number of nitriles is 1. The Hall–Kier alpha value is -2.09. The molecule has 0 atom stereocenters. The first kappa shape index (κ1) is 15.3. The molecular formula is C15H11Cl2N3O. The van der Waals surface area contributed by atoms with Gasteiger partial charge >= 0.3 is 0 Å². The van der Waals surface area contributed by atoms with Gasteiger partial charge in [0.1, 0.15) is 10.3 Å². The lowest BCUT2D eigenvalue weighted by atomic mass is 10.1. The normalized spacial score (nSPS) is 10.0. The van der Waals surface area contributed by atoms with Crippen molar-refractivity contribution in [2.24, 2.45) is 0 Å². The Bertz CT molecular complexity index is 705. The third-order valence-corrected chi connectivity index (χ3v) is 3.22. The van der Waals surface area contributed by atoms with Gasteiger partial charge < -0.3 is 4.90 Å². The van der Waals surface area contributed by atoms with Crippen LogP contribution in [0, 0.1) is 11.3 Å². The summed E-state index contributed by atoms with van der Waals surface area (Å²) < 4.78 is 0. The van der Waals surface area contributed by atoms with Gasteiger partial charge in [0.2, 0.25) is 0 Å². The second-order valence-corrected chi connectivity index (χ2v) is 5.25. The van der Waals surface area contributed by atoms with E-state index < -0.39 is 0 Å². The summed E-state index contributed by atoms with van der Waals surface area (Å²) in [5, 5.41) is 9.22. The van der Waals surface area contributed by atoms with Crippen molar-refractivity contribution in [1.29, 1.82) is 5.26 Å². The molecule has 2 aromatic rings. The van der Waals surface area contributed by atoms with Gasteiger partial charge in [0.05, 0.1) is 11.6 Å². The number of nitrogens with zero attached hydrogens (tertiary/aromatic N) is 3. The largest absolute Gasteiger partial charge is 0.337 e. The molecule has 106 valence electrons. The quantitative estimate of drug-likeness (QED) is 0.813. The third-order valence-electron chi connectivity index (χ3n) is 2.83. The number of hydrogen-bond donors (Lipinski definition) is 0. The zero-order chi connectivity index (χ0) is 15.4. The van der Waals surface area contributed by atoms with Crippen molar-refractivity contribution in [2.75, 3.05) is 7.05 Å². The Morgan fingerprint density at radius 1 is 1.29 bits per heavy atom. The molecule has 21 heavy (non-hydrogen) atoms. The van der Waals surface area contributed by atoms with E-state index in [0.29, 0.717) is 17.7 Å². The molecule has 0 saturated carbocycles. The SMILES string of the molecule is CN(Cc1cccc(C#N)c1)C(=O)c1cc(Cl)nc(Cl)c1. The van der Waals surface area contributed by atoms with Gasteiger partial charge in [0.15, 0.2) is 0 Å². The van der Waals surface area contributed by atoms with Crippen molar-refractivity contribution < 1.29 is 4.79 Å². The highest BCUT2D eigenvalue weighted by molar-refractivity contribution is 6.33. The van der Waals surface area contributed by atoms with Crippen molar-refractivity contribution in [1.82, 2.24) is 9.88 Å². The summed E-state index contributed by atoms with van der Waals surface area (Å²) in [7, 11) is 1.67. The maximum atomic E-state index is 12.3. The van der Waals surface area contributed by atoms with Crippen molar-refractivity contribution >= 4 is 29.1 Å². The topological polar surface area (TPSA) is 57.0 Å². The van der Waals surface area contributed by atoms with Crippen LogP contribution in [-0.4, -0.2) is 22.8 Å². The molecule has 0 radical (unpaired) electrons. The molecule has 4 nitrogen and oxygen atoms in total. The third kappa shape index (κ3) is 3.94. The Morgan fingerprint density at radius 2 is 1.95 bits per heavy atom. The molecule has 2 rings (SSSR count). The minimum absolute atomic E-state index is 0.172. The van der Waals surface area contributed by atoms with Gasteiger partial charge in [-0.15, -0.1) is 0 Å². The highest BCUT2D eigenvalue weighted by Crippen LogP contribution is 2.17. The van der Waals surface area contributed by atoms with Crippen LogP contribution in [0.3, 0.4) is 0 Å². The first-order valence-electron chi connectivity index (χ1n) is 6.07. The van der Waals surface area contributed by atoms with Gasteiger partial charge in [-0.25, -0.2) is 4.98 Å². The van der Waals surface area contributed by atoms with E-state index in [9.17, 15) is 4.79 Å². The number of hydrogen-bond acceptors (Lipinski definition) is 3. The Balaban J connectivity index is 2.17. The van der Waals surface area contributed by atoms with Crippen molar-refractivity contribution in [3.63, 3.8) is 0 Å². The van der Waals surface area contributed by atoms with Crippen LogP contribution in [0.25, 0.3) is 0 Å². The van der Waals surface area contributed by atoms with Gasteiger partial charge in [0, 0.05) is 19.2 Å². The van der Waals surface area contributed by atoms with Crippen LogP contribution in [0.4, 0.5) is 0 Å². The molecule has 0 saturated heterocycles. The molecule has 0 spiro atoms. The first-order chi connectivity index (χ1) is 9.99. The fourth-order valence-electron chi connectivity index (χ4n) is 1.89. The van der Waals surface area contributed by atoms with Crippen molar-refractivity contribution in [3.8, 4) is 6.07 Å². The maximum Gasteiger partial charge on any atom is 0.254 e. The molecule has 1 heterocycles. The Morgan fingerprint density at radius 3 is 2.57 bits per heavy atom. The van der Waals surface area contributed by atoms with Crippen LogP contribution < -0.4 is 0 Å². The Labute approximate surface area is 132 Å². The number of rotatable bonds is 3. The lowest BCUT2D eigenvalue weighted by Crippen LogP contribution is -2.26. The summed E-state index contributed by atoms with van der Waals surface area (Å²) in [6.07, 6.45) is 0. The number of aromatic nitrogens is 1. The molecule has 1 aromatic carbocycles. The monoisotopic (exact) mass is 319 g/mol. The number of benzene rings is 1. The molecule has 0 unspecified atom stereocenters. The summed E-state index contributed by atoms with van der Waals surface area (Å²) >= 11 is 11.6. The van der Waals surface area contributed by atoms with E-state index in [2.05, 4.69) is 11.1 Å². The van der Waals surface area contributed by atoms with Gasteiger partial charge in [-0.3, -0.25) is 4.79 Å². The summed E-state index contributed by atoms with van der Waals surface area (Å²) in [5.74, 6) is -0.219. The fraction of sp³-hybridized carbons (Fsp3) is 0.133. The van der Waals surface area contributed by atoms with Gasteiger partial charge in [-0.05, 0) is 29.8 Å². The molecule has 0 fully saturated rings. The van der Waals surface area contributed by atoms with Crippen LogP contribution in [0.2, 0.25) is 10.3 Å². The van der Waals surface area contributed by atoms with E-state index in [1.807, 2.05) is 6.07 Å². The predicted molar refractivity (Wildman–Crippen MR) is 81.2 cm³/mol. The van der Waals surface area contributed by atoms with Crippen molar-refractivity contribution in [3.05, 3.63) is 63.4 Å². The highest BCUT2D eigenvalue weighted by atomic mass is 35.5. The number of carbonyl (C=O) groups is 1. The number of amides is 1. The predicted octanol–water partition coefficient (Wildman–Crippen LogP) is 3.53. The van der Waals surface area contributed by atoms with Gasteiger partial charge in [-0.1, -0.05) is 35.3 Å². The van der Waals surface area contributed by atoms with Crippen LogP contribution in [0.5, 0.6) is 0 Å². The first-order valence-corrected chi connectivity index (χ1v) is 6.83. The molecule has 1 aromatic heterocycles. The van der Waals surface area contributed by atoms with Gasteiger partial charge in [-0.2, -0.15) is 5.26 Å². The summed E-state index contributed by atoms with van der Waals surface area (Å²) in [6, 6.07) is 12.1. The second-order valence-electron chi connectivity index (χ2n) is 4.47. The molecule has 1 amide bonds. The minimum atomic E-state index is -0.219. The van der Waals surface area contributed by atoms with Crippen LogP contribution in [0.1, 0.15) is 21.5 Å². The van der Waals surface area contributed by atoms with E-state index in [1.54, 1.807) is 25.2 Å². The van der Waals surface area contributed by atoms with Crippen LogP contribution in [-0.2, 0) is 6.54 Å². The second kappa shape index (κ2) is 6.57. The summed E-state index contributed by atoms with van der Waals surface area (Å²) in [6.45, 7) is 0.381. The number of halogens is 2. The van der Waals surface area contributed by atoms with Gasteiger partial charge in [0.25, 0.3) is 5.91 Å². The van der Waals surface area contributed by atoms with E-state index in [4.69, 9.17) is 28.5 Å². The molecular weight excluding hydrogens is 309 g/mol. The van der Waals surface area contributed by atoms with Crippen molar-refractivity contribution in [2.45, 2.75) is 6.54 Å². The average molecular weight is 320 g/mol. The molecule has 6 heteroatoms. The zero-order valence-electron chi connectivity index (χ0n) is 11.2. The van der Waals surface area contributed by atoms with Crippen LogP contribution in [0.15, 0.2) is 36.4 Å². The van der Waals surface area contributed by atoms with E-state index in [1.165, 1.54) is 17.0 Å². The number of pyridine rings is 1. The lowest BCUT2D eigenvalue weighted by Gasteiger charge is -2.17. The fourth-order valence-corrected chi connectivity index (χ4v) is 2.35. The molecule has 0 bridgehead atoms. The Kier molecular flexibility index (Phi) is 4.79. The average Bonchev–Trinajstić information content (AvgIpc) is 2.45. The highest BCUT2D eigenvalue weighted by Gasteiger charge is 2.14. The summed E-state index contributed by atoms with van der Waals surface area (Å²) in [4.78, 5) is 17.7.